The lowest BCUT2D eigenvalue weighted by molar-refractivity contribution is -0.169. The molecule has 5 amide bonds. The van der Waals surface area contributed by atoms with E-state index in [1.807, 2.05) is 0 Å². The van der Waals surface area contributed by atoms with E-state index in [4.69, 9.17) is 23.2 Å². The number of carbonyl (C=O) groups is 7. The van der Waals surface area contributed by atoms with Crippen molar-refractivity contribution >= 4 is 76.3 Å². The number of anilines is 2. The molecule has 6 heterocycles. The highest BCUT2D eigenvalue weighted by Gasteiger charge is 2.61. The molecule has 26 heteroatoms. The van der Waals surface area contributed by atoms with Crippen LogP contribution in [0.1, 0.15) is 50.5 Å². The number of carbonyl (C=O) groups excluding carboxylic acids is 7. The number of esters is 2. The molecule has 0 unspecified atom stereocenters. The Labute approximate surface area is 409 Å². The van der Waals surface area contributed by atoms with Gasteiger partial charge >= 0.3 is 24.3 Å². The van der Waals surface area contributed by atoms with E-state index in [1.54, 1.807) is 0 Å². The second-order valence-electron chi connectivity index (χ2n) is 16.2. The zero-order chi connectivity index (χ0) is 51.7. The molecule has 1 N–H and O–H groups in total. The number of nitrogens with one attached hydrogen (secondary N) is 1. The van der Waals surface area contributed by atoms with E-state index >= 15 is 0 Å². The third-order valence-electron chi connectivity index (χ3n) is 11.3. The number of amides is 5. The first-order chi connectivity index (χ1) is 32.7. The van der Waals surface area contributed by atoms with E-state index in [-0.39, 0.29) is 74.3 Å². The molecule has 4 aromatic rings. The number of alkyl halides is 6. The number of benzene rings is 2. The van der Waals surface area contributed by atoms with Crippen LogP contribution in [0.3, 0.4) is 0 Å². The number of piperazine rings is 2. The van der Waals surface area contributed by atoms with Gasteiger partial charge in [-0.15, -0.1) is 0 Å². The summed E-state index contributed by atoms with van der Waals surface area (Å²) in [6.45, 7) is 2.54. The summed E-state index contributed by atoms with van der Waals surface area (Å²) in [6, 6.07) is 10.6. The van der Waals surface area contributed by atoms with Gasteiger partial charge in [-0.25, -0.2) is 18.7 Å². The monoisotopic (exact) mass is 1040 g/mol. The smallest absolute Gasteiger partial charge is 0.394 e. The summed E-state index contributed by atoms with van der Waals surface area (Å²) in [7, 11) is 0. The molecule has 0 radical (unpaired) electrons. The molecular weight excluding hydrogens is 1000 g/mol. The third-order valence-corrected chi connectivity index (χ3v) is 11.7. The van der Waals surface area contributed by atoms with Gasteiger partial charge in [-0.3, -0.25) is 43.4 Å². The molecule has 2 spiro atoms. The number of rotatable bonds is 6. The average Bonchev–Trinajstić information content (AvgIpc) is 3.22. The maximum absolute atomic E-state index is 14.5. The SMILES string of the molecule is C.CC(=O)N1CC2(C1)C(=O)N(c1ncc(Cl)cc1F)CC(=O)N2Cc1ccc(C(F)(F)F)cc1.CC(=O)OC(C)=O.O=C1CN(c2ncc(Cl)cc2F)C(=O)C2(CNC2)N1Cc1ccc(C(F)(F)F)cc1. The van der Waals surface area contributed by atoms with Crippen LogP contribution < -0.4 is 15.1 Å². The highest BCUT2D eigenvalue weighted by atomic mass is 35.5. The molecular formula is C45H42Cl2F8N8O8. The van der Waals surface area contributed by atoms with Crippen LogP contribution in [0.25, 0.3) is 0 Å². The summed E-state index contributed by atoms with van der Waals surface area (Å²) >= 11 is 11.4. The third kappa shape index (κ3) is 11.9. The Bertz CT molecular complexity index is 2710. The highest BCUT2D eigenvalue weighted by Crippen LogP contribution is 2.39. The van der Waals surface area contributed by atoms with Crippen LogP contribution in [0.5, 0.6) is 0 Å². The Balaban J connectivity index is 0.000000231. The van der Waals surface area contributed by atoms with Crippen LogP contribution in [0, 0.1) is 11.6 Å². The largest absolute Gasteiger partial charge is 0.416 e. The van der Waals surface area contributed by atoms with E-state index < -0.39 is 94.8 Å². The molecule has 4 saturated heterocycles. The maximum Gasteiger partial charge on any atom is 0.416 e. The van der Waals surface area contributed by atoms with Gasteiger partial charge in [0.15, 0.2) is 28.8 Å². The van der Waals surface area contributed by atoms with Crippen molar-refractivity contribution in [2.75, 3.05) is 49.1 Å². The van der Waals surface area contributed by atoms with E-state index in [0.29, 0.717) is 11.1 Å². The van der Waals surface area contributed by atoms with E-state index in [0.717, 1.165) is 52.4 Å². The molecule has 8 rings (SSSR count). The normalized spacial score (nSPS) is 17.1. The van der Waals surface area contributed by atoms with Crippen molar-refractivity contribution in [3.63, 3.8) is 0 Å². The fourth-order valence-electron chi connectivity index (χ4n) is 7.81. The number of likely N-dealkylation sites (tertiary alicyclic amines) is 1. The Hall–Kier alpha value is -6.79. The Morgan fingerprint density at radius 2 is 1.01 bits per heavy atom. The van der Waals surface area contributed by atoms with E-state index in [2.05, 4.69) is 20.0 Å². The summed E-state index contributed by atoms with van der Waals surface area (Å²) in [5.41, 5.74) is -3.58. The fraction of sp³-hybridized carbons (Fsp3) is 0.356. The van der Waals surface area contributed by atoms with Crippen LogP contribution in [0.2, 0.25) is 10.0 Å². The van der Waals surface area contributed by atoms with Gasteiger partial charge < -0.3 is 24.8 Å². The average molecular weight is 1050 g/mol. The molecule has 4 aliphatic heterocycles. The van der Waals surface area contributed by atoms with Gasteiger partial charge in [0.1, 0.15) is 18.6 Å². The lowest BCUT2D eigenvalue weighted by Gasteiger charge is -2.57. The first kappa shape index (κ1) is 55.1. The van der Waals surface area contributed by atoms with Gasteiger partial charge in [0.2, 0.25) is 17.7 Å². The first-order valence-corrected chi connectivity index (χ1v) is 21.3. The van der Waals surface area contributed by atoms with Crippen LogP contribution in [-0.2, 0) is 63.7 Å². The van der Waals surface area contributed by atoms with Gasteiger partial charge in [-0.05, 0) is 47.5 Å². The Morgan fingerprint density at radius 1 is 0.648 bits per heavy atom. The predicted molar refractivity (Wildman–Crippen MR) is 237 cm³/mol. The molecule has 0 aliphatic carbocycles. The lowest BCUT2D eigenvalue weighted by atomic mass is 9.83. The minimum absolute atomic E-state index is 0. The van der Waals surface area contributed by atoms with Crippen LogP contribution in [0.15, 0.2) is 73.1 Å². The second kappa shape index (κ2) is 21.3. The van der Waals surface area contributed by atoms with E-state index in [9.17, 15) is 68.7 Å². The van der Waals surface area contributed by atoms with Crippen molar-refractivity contribution in [3.05, 3.63) is 117 Å². The Morgan fingerprint density at radius 3 is 1.31 bits per heavy atom. The van der Waals surface area contributed by atoms with Crippen LogP contribution in [-0.4, -0.2) is 116 Å². The summed E-state index contributed by atoms with van der Waals surface area (Å²) in [5.74, 6) is -6.00. The van der Waals surface area contributed by atoms with Gasteiger partial charge in [0.25, 0.3) is 11.8 Å². The summed E-state index contributed by atoms with van der Waals surface area (Å²) in [5, 5.41) is 3.00. The number of aromatic nitrogens is 2. The van der Waals surface area contributed by atoms with Gasteiger partial charge in [-0.2, -0.15) is 26.3 Å². The standard InChI is InChI=1S/C21H17ClF4N4O3.C19H15ClF4N4O2.C4H6O3.CH4/c1-12(31)28-10-20(11-28)19(33)29(18-16(23)6-15(22)7-27-18)9-17(32)30(20)8-13-2-4-14(5-3-13)21(24,25)26;20-13-5-14(21)16(26-6-13)27-8-15(29)28(18(17(27)30)9-25-10-18)7-11-1-3-12(4-2-11)19(22,23)24;1-3(5)7-4(2)6;/h2-7H,8-11H2,1H3;1-6,25H,7-10H2;1-2H3;1H4. The maximum atomic E-state index is 14.5. The Kier molecular flexibility index (Phi) is 16.5. The molecule has 16 nitrogen and oxygen atoms in total. The number of hydrogen-bond acceptors (Lipinski definition) is 11. The molecule has 0 bridgehead atoms. The number of ether oxygens (including phenoxy) is 1. The second-order valence-corrected chi connectivity index (χ2v) is 17.0. The predicted octanol–water partition coefficient (Wildman–Crippen LogP) is 6.21. The molecule has 0 atom stereocenters. The van der Waals surface area contributed by atoms with Crippen molar-refractivity contribution in [2.24, 2.45) is 0 Å². The van der Waals surface area contributed by atoms with E-state index in [1.165, 1.54) is 65.9 Å². The number of halogens is 10. The summed E-state index contributed by atoms with van der Waals surface area (Å²) in [6.07, 6.45) is -6.66. The highest BCUT2D eigenvalue weighted by molar-refractivity contribution is 6.30. The molecule has 2 aromatic heterocycles. The first-order valence-electron chi connectivity index (χ1n) is 20.5. The minimum atomic E-state index is -4.51. The quantitative estimate of drug-likeness (QED) is 0.132. The zero-order valence-electron chi connectivity index (χ0n) is 36.8. The van der Waals surface area contributed by atoms with Crippen molar-refractivity contribution < 1.29 is 73.4 Å². The zero-order valence-corrected chi connectivity index (χ0v) is 38.3. The van der Waals surface area contributed by atoms with Gasteiger partial charge in [0, 0.05) is 59.3 Å². The molecule has 71 heavy (non-hydrogen) atoms. The van der Waals surface area contributed by atoms with Crippen molar-refractivity contribution in [3.8, 4) is 0 Å². The van der Waals surface area contributed by atoms with Crippen molar-refractivity contribution in [2.45, 2.75) is 64.7 Å². The van der Waals surface area contributed by atoms with Gasteiger partial charge in [-0.1, -0.05) is 54.9 Å². The summed E-state index contributed by atoms with van der Waals surface area (Å²) < 4.78 is 110. The van der Waals surface area contributed by atoms with Crippen molar-refractivity contribution in [1.29, 1.82) is 0 Å². The van der Waals surface area contributed by atoms with Crippen molar-refractivity contribution in [1.82, 2.24) is 30.0 Å². The number of nitrogens with zero attached hydrogens (tertiary/aromatic N) is 7. The topological polar surface area (TPSA) is 183 Å². The van der Waals surface area contributed by atoms with Crippen LogP contribution in [0.4, 0.5) is 46.8 Å². The number of hydrogen-bond donors (Lipinski definition) is 1. The fourth-order valence-corrected chi connectivity index (χ4v) is 8.10. The molecule has 4 fully saturated rings. The molecule has 2 aromatic carbocycles. The molecule has 4 aliphatic rings. The van der Waals surface area contributed by atoms with Gasteiger partial charge in [0.05, 0.1) is 34.3 Å². The molecule has 380 valence electrons. The van der Waals surface area contributed by atoms with Crippen LogP contribution >= 0.6 is 23.2 Å². The molecule has 0 saturated carbocycles. The lowest BCUT2D eigenvalue weighted by Crippen LogP contribution is -2.81. The minimum Gasteiger partial charge on any atom is -0.394 e. The number of pyridine rings is 2. The summed E-state index contributed by atoms with van der Waals surface area (Å²) in [4.78, 5) is 97.6.